The van der Waals surface area contributed by atoms with Gasteiger partial charge < -0.3 is 14.9 Å². The van der Waals surface area contributed by atoms with Gasteiger partial charge in [-0.05, 0) is 38.8 Å². The van der Waals surface area contributed by atoms with Crippen LogP contribution in [0.2, 0.25) is 0 Å². The van der Waals surface area contributed by atoms with E-state index in [-0.39, 0.29) is 25.8 Å². The number of carbonyl (C=O) groups excluding carboxylic acids is 1. The molecular weight excluding hydrogens is 322 g/mol. The highest BCUT2D eigenvalue weighted by atomic mass is 16.5. The summed E-state index contributed by atoms with van der Waals surface area (Å²) in [6, 6.07) is 0. The third-order valence-corrected chi connectivity index (χ3v) is 6.41. The third-order valence-electron chi connectivity index (χ3n) is 6.41. The van der Waals surface area contributed by atoms with Crippen LogP contribution < -0.4 is 0 Å². The van der Waals surface area contributed by atoms with Gasteiger partial charge in [0.15, 0.2) is 5.66 Å². The van der Waals surface area contributed by atoms with Crippen LogP contribution in [0.3, 0.4) is 0 Å². The van der Waals surface area contributed by atoms with Crippen molar-refractivity contribution in [3.8, 4) is 0 Å². The van der Waals surface area contributed by atoms with Crippen LogP contribution in [0.1, 0.15) is 32.6 Å². The number of hydrogen-bond donors (Lipinski definition) is 2. The van der Waals surface area contributed by atoms with Crippen LogP contribution in [0, 0.1) is 5.41 Å². The van der Waals surface area contributed by atoms with Crippen molar-refractivity contribution in [1.82, 2.24) is 14.7 Å². The minimum absolute atomic E-state index is 0.0682. The van der Waals surface area contributed by atoms with Crippen molar-refractivity contribution >= 4 is 5.97 Å². The number of aliphatic hydroxyl groups is 2. The molecule has 3 aliphatic rings. The van der Waals surface area contributed by atoms with Gasteiger partial charge in [0.25, 0.3) is 0 Å². The van der Waals surface area contributed by atoms with Gasteiger partial charge in [0.1, 0.15) is 6.61 Å². The van der Waals surface area contributed by atoms with E-state index in [0.29, 0.717) is 13.0 Å². The number of aliphatic hydroxyl groups excluding tert-OH is 2. The van der Waals surface area contributed by atoms with Crippen LogP contribution in [0.5, 0.6) is 0 Å². The number of carbonyl (C=O) groups is 1. The van der Waals surface area contributed by atoms with Crippen LogP contribution in [-0.2, 0) is 9.53 Å². The molecule has 0 atom stereocenters. The number of esters is 1. The lowest BCUT2D eigenvalue weighted by atomic mass is 9.88. The van der Waals surface area contributed by atoms with Gasteiger partial charge in [0, 0.05) is 32.7 Å². The molecule has 7 heteroatoms. The van der Waals surface area contributed by atoms with Crippen LogP contribution >= 0.6 is 0 Å². The molecule has 3 aliphatic heterocycles. The smallest absolute Gasteiger partial charge is 0.343 e. The zero-order valence-corrected chi connectivity index (χ0v) is 15.5. The molecule has 0 radical (unpaired) electrons. The molecule has 0 unspecified atom stereocenters. The van der Waals surface area contributed by atoms with Gasteiger partial charge in [-0.25, -0.2) is 4.79 Å². The first-order chi connectivity index (χ1) is 12.1. The summed E-state index contributed by atoms with van der Waals surface area (Å²) in [5, 5.41) is 19.3. The van der Waals surface area contributed by atoms with Gasteiger partial charge in [-0.3, -0.25) is 14.7 Å². The second-order valence-electron chi connectivity index (χ2n) is 7.87. The first-order valence-corrected chi connectivity index (χ1v) is 9.72. The molecule has 3 fully saturated rings. The molecule has 3 rings (SSSR count). The van der Waals surface area contributed by atoms with E-state index in [0.717, 1.165) is 52.1 Å². The summed E-state index contributed by atoms with van der Waals surface area (Å²) in [4.78, 5) is 20.2. The first-order valence-electron chi connectivity index (χ1n) is 9.72. The minimum Gasteiger partial charge on any atom is -0.462 e. The van der Waals surface area contributed by atoms with Crippen molar-refractivity contribution in [1.29, 1.82) is 0 Å². The second-order valence-corrected chi connectivity index (χ2v) is 7.87. The summed E-state index contributed by atoms with van der Waals surface area (Å²) in [6.07, 6.45) is 4.00. The fourth-order valence-electron chi connectivity index (χ4n) is 3.75. The molecule has 0 amide bonds. The third kappa shape index (κ3) is 3.45. The van der Waals surface area contributed by atoms with E-state index in [1.807, 2.05) is 6.92 Å². The number of rotatable bonds is 10. The van der Waals surface area contributed by atoms with E-state index in [4.69, 9.17) is 4.74 Å². The fourth-order valence-corrected chi connectivity index (χ4v) is 3.75. The summed E-state index contributed by atoms with van der Waals surface area (Å²) >= 11 is 0. The summed E-state index contributed by atoms with van der Waals surface area (Å²) in [5.74, 6) is -0.210. The molecule has 0 aromatic rings. The average molecular weight is 355 g/mol. The predicted octanol–water partition coefficient (Wildman–Crippen LogP) is -0.276. The summed E-state index contributed by atoms with van der Waals surface area (Å²) in [6.45, 7) is 8.11. The largest absolute Gasteiger partial charge is 0.462 e. The summed E-state index contributed by atoms with van der Waals surface area (Å²) in [7, 11) is 0. The molecule has 0 aromatic carbocycles. The van der Waals surface area contributed by atoms with Crippen LogP contribution in [0.4, 0.5) is 0 Å². The highest BCUT2D eigenvalue weighted by molar-refractivity contribution is 5.81. The van der Waals surface area contributed by atoms with E-state index in [2.05, 4.69) is 14.7 Å². The van der Waals surface area contributed by atoms with Gasteiger partial charge in [0.05, 0.1) is 18.6 Å². The lowest BCUT2D eigenvalue weighted by Crippen LogP contribution is -2.76. The number of hydrogen-bond acceptors (Lipinski definition) is 7. The second kappa shape index (κ2) is 7.88. The van der Waals surface area contributed by atoms with E-state index < -0.39 is 11.1 Å². The Morgan fingerprint density at radius 3 is 1.80 bits per heavy atom. The van der Waals surface area contributed by atoms with E-state index in [1.165, 1.54) is 6.42 Å². The van der Waals surface area contributed by atoms with Gasteiger partial charge in [-0.2, -0.15) is 0 Å². The molecule has 25 heavy (non-hydrogen) atoms. The van der Waals surface area contributed by atoms with Crippen molar-refractivity contribution in [3.63, 3.8) is 0 Å². The maximum atomic E-state index is 13.3. The Labute approximate surface area is 150 Å². The van der Waals surface area contributed by atoms with E-state index in [1.54, 1.807) is 0 Å². The topological polar surface area (TPSA) is 76.5 Å². The van der Waals surface area contributed by atoms with Crippen LogP contribution in [0.15, 0.2) is 0 Å². The molecule has 2 N–H and O–H groups in total. The van der Waals surface area contributed by atoms with Crippen molar-refractivity contribution in [2.45, 2.75) is 38.3 Å². The van der Waals surface area contributed by atoms with Crippen molar-refractivity contribution < 1.29 is 19.7 Å². The summed E-state index contributed by atoms with van der Waals surface area (Å²) in [5.41, 5.74) is -1.44. The Balaban J connectivity index is 1.76. The number of ether oxygens (including phenoxy) is 1. The Morgan fingerprint density at radius 2 is 1.48 bits per heavy atom. The molecule has 0 aliphatic carbocycles. The van der Waals surface area contributed by atoms with E-state index in [9.17, 15) is 15.0 Å². The van der Waals surface area contributed by atoms with Gasteiger partial charge in [-0.15, -0.1) is 0 Å². The Morgan fingerprint density at radius 1 is 0.960 bits per heavy atom. The quantitative estimate of drug-likeness (QED) is 0.522. The zero-order chi connectivity index (χ0) is 17.9. The highest BCUT2D eigenvalue weighted by Gasteiger charge is 2.55. The molecule has 0 saturated carbocycles. The van der Waals surface area contributed by atoms with Gasteiger partial charge in [-0.1, -0.05) is 6.92 Å². The summed E-state index contributed by atoms with van der Waals surface area (Å²) < 4.78 is 5.76. The molecule has 144 valence electrons. The Kier molecular flexibility index (Phi) is 6.00. The average Bonchev–Trinajstić information content (AvgIpc) is 2.48. The monoisotopic (exact) mass is 355 g/mol. The normalized spacial score (nSPS) is 22.8. The SMILES string of the molecule is CCC(CO)(CO)COC(=O)C(CN1CCC1)(N1CCC1)N1CCC1. The van der Waals surface area contributed by atoms with E-state index >= 15 is 0 Å². The standard InChI is InChI=1S/C18H33N3O4/c1-2-17(13-22,14-23)15-25-16(24)18(20-8-4-9-20,21-10-5-11-21)12-19-6-3-7-19/h22-23H,2-15H2,1H3. The maximum absolute atomic E-state index is 13.3. The fraction of sp³-hybridized carbons (Fsp3) is 0.944. The van der Waals surface area contributed by atoms with Crippen LogP contribution in [0.25, 0.3) is 0 Å². The first kappa shape index (κ1) is 19.0. The molecule has 3 heterocycles. The molecular formula is C18H33N3O4. The molecule has 0 aromatic heterocycles. The minimum atomic E-state index is -0.748. The lowest BCUT2D eigenvalue weighted by molar-refractivity contribution is -0.198. The lowest BCUT2D eigenvalue weighted by Gasteiger charge is -2.57. The molecule has 0 bridgehead atoms. The number of likely N-dealkylation sites (tertiary alicyclic amines) is 3. The Hall–Kier alpha value is -0.730. The van der Waals surface area contributed by atoms with Gasteiger partial charge in [0.2, 0.25) is 0 Å². The highest BCUT2D eigenvalue weighted by Crippen LogP contribution is 2.34. The van der Waals surface area contributed by atoms with Crippen LogP contribution in [-0.4, -0.2) is 102 Å². The zero-order valence-electron chi connectivity index (χ0n) is 15.5. The van der Waals surface area contributed by atoms with Crippen molar-refractivity contribution in [3.05, 3.63) is 0 Å². The van der Waals surface area contributed by atoms with Crippen molar-refractivity contribution in [2.24, 2.45) is 5.41 Å². The molecule has 0 spiro atoms. The predicted molar refractivity (Wildman–Crippen MR) is 94.0 cm³/mol. The van der Waals surface area contributed by atoms with Gasteiger partial charge >= 0.3 is 5.97 Å². The molecule has 7 nitrogen and oxygen atoms in total. The Bertz CT molecular complexity index is 435. The van der Waals surface area contributed by atoms with Crippen molar-refractivity contribution in [2.75, 3.05) is 65.6 Å². The maximum Gasteiger partial charge on any atom is 0.343 e. The molecule has 3 saturated heterocycles. The number of nitrogens with zero attached hydrogens (tertiary/aromatic N) is 3.